The van der Waals surface area contributed by atoms with Crippen LogP contribution < -0.4 is 4.74 Å². The molecular weight excluding hydrogens is 294 g/mol. The molecule has 0 amide bonds. The van der Waals surface area contributed by atoms with Crippen molar-refractivity contribution >= 4 is 11.6 Å². The Morgan fingerprint density at radius 3 is 2.68 bits per heavy atom. The van der Waals surface area contributed by atoms with Gasteiger partial charge in [-0.3, -0.25) is 0 Å². The normalized spacial score (nSPS) is 11.7. The fraction of sp³-hybridized carbons (Fsp3) is 0.316. The number of aryl methyl sites for hydroxylation is 2. The molecule has 2 aromatic rings. The maximum Gasteiger partial charge on any atom is 0.122 e. The number of nitrogens with zero attached hydrogens (tertiary/aromatic N) is 1. The maximum absolute atomic E-state index is 9.35. The van der Waals surface area contributed by atoms with Crippen LogP contribution in [0.25, 0.3) is 0 Å². The molecule has 0 saturated carbocycles. The third-order valence-electron chi connectivity index (χ3n) is 3.67. The number of nitriles is 1. The minimum absolute atomic E-state index is 0.184. The van der Waals surface area contributed by atoms with Crippen LogP contribution in [-0.4, -0.2) is 6.61 Å². The van der Waals surface area contributed by atoms with Crippen molar-refractivity contribution in [3.05, 3.63) is 64.2 Å². The summed E-state index contributed by atoms with van der Waals surface area (Å²) < 4.78 is 5.84. The first-order valence-corrected chi connectivity index (χ1v) is 7.83. The molecule has 3 heteroatoms. The Labute approximate surface area is 137 Å². The molecule has 2 rings (SSSR count). The summed E-state index contributed by atoms with van der Waals surface area (Å²) in [6.45, 7) is 4.69. The van der Waals surface area contributed by atoms with E-state index in [9.17, 15) is 5.26 Å². The van der Waals surface area contributed by atoms with E-state index in [0.717, 1.165) is 29.7 Å². The molecule has 2 nitrogen and oxygen atoms in total. The average molecular weight is 314 g/mol. The van der Waals surface area contributed by atoms with E-state index >= 15 is 0 Å². The van der Waals surface area contributed by atoms with Gasteiger partial charge in [0.05, 0.1) is 18.6 Å². The Balaban J connectivity index is 1.89. The summed E-state index contributed by atoms with van der Waals surface area (Å²) in [4.78, 5) is 0. The number of hydrogen-bond donors (Lipinski definition) is 0. The monoisotopic (exact) mass is 313 g/mol. The lowest BCUT2D eigenvalue weighted by molar-refractivity contribution is 0.303. The van der Waals surface area contributed by atoms with E-state index in [-0.39, 0.29) is 5.92 Å². The molecule has 0 aromatic heterocycles. The minimum Gasteiger partial charge on any atom is -0.493 e. The minimum atomic E-state index is -0.184. The Bertz CT molecular complexity index is 675. The van der Waals surface area contributed by atoms with Crippen LogP contribution >= 0.6 is 11.6 Å². The molecule has 114 valence electrons. The van der Waals surface area contributed by atoms with Crippen LogP contribution in [0.5, 0.6) is 5.75 Å². The molecule has 0 spiro atoms. The van der Waals surface area contributed by atoms with Gasteiger partial charge in [0.25, 0.3) is 0 Å². The van der Waals surface area contributed by atoms with Crippen molar-refractivity contribution < 1.29 is 4.74 Å². The Hall–Kier alpha value is -1.98. The van der Waals surface area contributed by atoms with Gasteiger partial charge in [-0.05, 0) is 55.5 Å². The van der Waals surface area contributed by atoms with Crippen molar-refractivity contribution in [1.82, 2.24) is 0 Å². The van der Waals surface area contributed by atoms with E-state index < -0.39 is 0 Å². The lowest BCUT2D eigenvalue weighted by atomic mass is 9.96. The first-order chi connectivity index (χ1) is 10.6. The van der Waals surface area contributed by atoms with Gasteiger partial charge in [-0.2, -0.15) is 5.26 Å². The second-order valence-electron chi connectivity index (χ2n) is 5.46. The molecule has 0 bridgehead atoms. The Kier molecular flexibility index (Phi) is 5.86. The highest BCUT2D eigenvalue weighted by Crippen LogP contribution is 2.27. The quantitative estimate of drug-likeness (QED) is 0.667. The molecule has 0 fully saturated rings. The van der Waals surface area contributed by atoms with Crippen molar-refractivity contribution in [2.45, 2.75) is 32.6 Å². The zero-order valence-corrected chi connectivity index (χ0v) is 13.7. The second-order valence-corrected chi connectivity index (χ2v) is 5.87. The van der Waals surface area contributed by atoms with Gasteiger partial charge in [0.1, 0.15) is 5.75 Å². The first-order valence-electron chi connectivity index (χ1n) is 7.46. The van der Waals surface area contributed by atoms with Gasteiger partial charge in [-0.1, -0.05) is 41.9 Å². The van der Waals surface area contributed by atoms with Gasteiger partial charge in [-0.25, -0.2) is 0 Å². The summed E-state index contributed by atoms with van der Waals surface area (Å²) >= 11 is 6.16. The third-order valence-corrected chi connectivity index (χ3v) is 4.02. The summed E-state index contributed by atoms with van der Waals surface area (Å²) in [6.07, 6.45) is 1.56. The van der Waals surface area contributed by atoms with Crippen LogP contribution in [0.2, 0.25) is 5.02 Å². The topological polar surface area (TPSA) is 33.0 Å². The number of rotatable bonds is 6. The molecule has 1 atom stereocenters. The van der Waals surface area contributed by atoms with Gasteiger partial charge in [-0.15, -0.1) is 0 Å². The molecule has 1 unspecified atom stereocenters. The van der Waals surface area contributed by atoms with Crippen LogP contribution in [-0.2, 0) is 0 Å². The van der Waals surface area contributed by atoms with Gasteiger partial charge in [0.2, 0.25) is 0 Å². The number of benzene rings is 2. The predicted octanol–water partition coefficient (Wildman–Crippen LogP) is 5.42. The van der Waals surface area contributed by atoms with E-state index in [1.165, 1.54) is 5.56 Å². The van der Waals surface area contributed by atoms with Crippen LogP contribution in [0.4, 0.5) is 0 Å². The van der Waals surface area contributed by atoms with Crippen LogP contribution in [0.1, 0.15) is 35.4 Å². The molecule has 22 heavy (non-hydrogen) atoms. The van der Waals surface area contributed by atoms with Crippen LogP contribution in [0, 0.1) is 25.2 Å². The SMILES string of the molecule is Cc1ccc(C)c(OCCCC(C#N)c2ccccc2Cl)c1. The fourth-order valence-corrected chi connectivity index (χ4v) is 2.65. The Morgan fingerprint density at radius 1 is 1.18 bits per heavy atom. The molecule has 0 radical (unpaired) electrons. The Morgan fingerprint density at radius 2 is 1.95 bits per heavy atom. The molecule has 0 heterocycles. The number of ether oxygens (including phenoxy) is 1. The molecule has 0 aliphatic carbocycles. The summed E-state index contributed by atoms with van der Waals surface area (Å²) in [5.74, 6) is 0.738. The highest BCUT2D eigenvalue weighted by molar-refractivity contribution is 6.31. The first kappa shape index (κ1) is 16.4. The fourth-order valence-electron chi connectivity index (χ4n) is 2.38. The highest BCUT2D eigenvalue weighted by Gasteiger charge is 2.13. The molecule has 0 N–H and O–H groups in total. The summed E-state index contributed by atoms with van der Waals surface area (Å²) in [6, 6.07) is 16.1. The largest absolute Gasteiger partial charge is 0.493 e. The van der Waals surface area contributed by atoms with E-state index in [1.54, 1.807) is 0 Å². The van der Waals surface area contributed by atoms with E-state index in [0.29, 0.717) is 11.6 Å². The molecule has 0 saturated heterocycles. The maximum atomic E-state index is 9.35. The number of hydrogen-bond acceptors (Lipinski definition) is 2. The van der Waals surface area contributed by atoms with Crippen molar-refractivity contribution in [1.29, 1.82) is 5.26 Å². The molecule has 2 aromatic carbocycles. The third kappa shape index (κ3) is 4.26. The van der Waals surface area contributed by atoms with E-state index in [1.807, 2.05) is 37.3 Å². The number of halogens is 1. The van der Waals surface area contributed by atoms with E-state index in [2.05, 4.69) is 25.1 Å². The zero-order valence-electron chi connectivity index (χ0n) is 13.0. The van der Waals surface area contributed by atoms with Crippen LogP contribution in [0.15, 0.2) is 42.5 Å². The second kappa shape index (κ2) is 7.87. The van der Waals surface area contributed by atoms with Crippen molar-refractivity contribution in [3.63, 3.8) is 0 Å². The van der Waals surface area contributed by atoms with Gasteiger partial charge < -0.3 is 4.74 Å². The summed E-state index contributed by atoms with van der Waals surface area (Å²) in [5, 5.41) is 10.0. The van der Waals surface area contributed by atoms with Crippen molar-refractivity contribution in [2.75, 3.05) is 6.61 Å². The van der Waals surface area contributed by atoms with Gasteiger partial charge in [0, 0.05) is 5.02 Å². The summed E-state index contributed by atoms with van der Waals surface area (Å²) in [5.41, 5.74) is 3.22. The lowest BCUT2D eigenvalue weighted by Gasteiger charge is -2.13. The predicted molar refractivity (Wildman–Crippen MR) is 90.5 cm³/mol. The highest BCUT2D eigenvalue weighted by atomic mass is 35.5. The molecule has 0 aliphatic rings. The lowest BCUT2D eigenvalue weighted by Crippen LogP contribution is -2.03. The van der Waals surface area contributed by atoms with Crippen LogP contribution in [0.3, 0.4) is 0 Å². The standard InChI is InChI=1S/C19H20ClNO/c1-14-9-10-15(2)19(12-14)22-11-5-6-16(13-21)17-7-3-4-8-18(17)20/h3-4,7-10,12,16H,5-6,11H2,1-2H3. The summed E-state index contributed by atoms with van der Waals surface area (Å²) in [7, 11) is 0. The molecule has 0 aliphatic heterocycles. The van der Waals surface area contributed by atoms with Gasteiger partial charge in [0.15, 0.2) is 0 Å². The average Bonchev–Trinajstić information content (AvgIpc) is 2.52. The van der Waals surface area contributed by atoms with Crippen molar-refractivity contribution in [2.24, 2.45) is 0 Å². The van der Waals surface area contributed by atoms with Crippen molar-refractivity contribution in [3.8, 4) is 11.8 Å². The zero-order chi connectivity index (χ0) is 15.9. The van der Waals surface area contributed by atoms with E-state index in [4.69, 9.17) is 16.3 Å². The molecular formula is C19H20ClNO. The van der Waals surface area contributed by atoms with Gasteiger partial charge >= 0.3 is 0 Å². The smallest absolute Gasteiger partial charge is 0.122 e.